The van der Waals surface area contributed by atoms with E-state index in [1.165, 1.54) is 12.1 Å². The van der Waals surface area contributed by atoms with E-state index in [1.54, 1.807) is 6.07 Å². The molecule has 0 amide bonds. The molecule has 22 heavy (non-hydrogen) atoms. The number of rotatable bonds is 4. The molecule has 1 heterocycles. The van der Waals surface area contributed by atoms with Gasteiger partial charge in [-0.1, -0.05) is 13.0 Å². The maximum Gasteiger partial charge on any atom is 0.194 e. The summed E-state index contributed by atoms with van der Waals surface area (Å²) in [7, 11) is 0. The minimum atomic E-state index is -0.599. The zero-order valence-electron chi connectivity index (χ0n) is 13.2. The number of hydrogen-bond acceptors (Lipinski definition) is 3. The van der Waals surface area contributed by atoms with Crippen LogP contribution in [0, 0.1) is 5.82 Å². The Bertz CT molecular complexity index is 524. The normalized spacial score (nSPS) is 19.3. The second-order valence-corrected chi connectivity index (χ2v) is 6.71. The molecule has 0 saturated carbocycles. The van der Waals surface area contributed by atoms with Gasteiger partial charge < -0.3 is 15.3 Å². The first-order chi connectivity index (χ1) is 10.6. The summed E-state index contributed by atoms with van der Waals surface area (Å²) >= 11 is 2.02. The van der Waals surface area contributed by atoms with Crippen molar-refractivity contribution in [1.29, 1.82) is 0 Å². The first-order valence-corrected chi connectivity index (χ1v) is 8.81. The molecular formula is C16H24FN3OS. The zero-order valence-corrected chi connectivity index (χ0v) is 14.0. The van der Waals surface area contributed by atoms with Crippen LogP contribution in [-0.2, 0) is 6.54 Å². The molecule has 4 nitrogen and oxygen atoms in total. The molecule has 1 fully saturated rings. The number of halogens is 1. The van der Waals surface area contributed by atoms with Crippen LogP contribution in [0.5, 0.6) is 5.75 Å². The first-order valence-electron chi connectivity index (χ1n) is 7.76. The summed E-state index contributed by atoms with van der Waals surface area (Å²) in [6.45, 7) is 7.45. The average molecular weight is 325 g/mol. The van der Waals surface area contributed by atoms with E-state index in [0.29, 0.717) is 11.8 Å². The van der Waals surface area contributed by atoms with E-state index in [9.17, 15) is 9.50 Å². The van der Waals surface area contributed by atoms with Gasteiger partial charge in [0.2, 0.25) is 0 Å². The van der Waals surface area contributed by atoms with Gasteiger partial charge in [-0.3, -0.25) is 0 Å². The van der Waals surface area contributed by atoms with Crippen molar-refractivity contribution in [3.8, 4) is 5.75 Å². The molecule has 1 unspecified atom stereocenters. The number of benzene rings is 1. The van der Waals surface area contributed by atoms with Gasteiger partial charge in [0.1, 0.15) is 0 Å². The molecule has 0 aliphatic carbocycles. The number of nitrogens with one attached hydrogen (secondary N) is 1. The summed E-state index contributed by atoms with van der Waals surface area (Å²) in [5.41, 5.74) is 0.754. The molecule has 0 spiro atoms. The molecule has 1 atom stereocenters. The van der Waals surface area contributed by atoms with Gasteiger partial charge in [-0.25, -0.2) is 9.38 Å². The number of phenols is 1. The van der Waals surface area contributed by atoms with Crippen molar-refractivity contribution in [2.24, 2.45) is 4.99 Å². The predicted octanol–water partition coefficient (Wildman–Crippen LogP) is 2.82. The van der Waals surface area contributed by atoms with Crippen LogP contribution in [-0.4, -0.2) is 46.6 Å². The van der Waals surface area contributed by atoms with Crippen molar-refractivity contribution in [2.75, 3.05) is 25.4 Å². The van der Waals surface area contributed by atoms with Gasteiger partial charge in [0, 0.05) is 30.6 Å². The standard InChI is InChI=1S/C16H24FN3OS/c1-3-13-11-20(7-8-22-13)16(18-4-2)19-10-12-5-6-15(21)14(17)9-12/h5-6,9,13,21H,3-4,7-8,10-11H2,1-2H3,(H,18,19). The Hall–Kier alpha value is -1.43. The highest BCUT2D eigenvalue weighted by Gasteiger charge is 2.21. The van der Waals surface area contributed by atoms with Crippen molar-refractivity contribution in [3.63, 3.8) is 0 Å². The quantitative estimate of drug-likeness (QED) is 0.660. The van der Waals surface area contributed by atoms with Crippen LogP contribution in [0.4, 0.5) is 4.39 Å². The lowest BCUT2D eigenvalue weighted by atomic mass is 10.2. The van der Waals surface area contributed by atoms with Gasteiger partial charge in [-0.2, -0.15) is 11.8 Å². The van der Waals surface area contributed by atoms with Gasteiger partial charge in [0.05, 0.1) is 6.54 Å². The van der Waals surface area contributed by atoms with E-state index in [-0.39, 0.29) is 5.75 Å². The lowest BCUT2D eigenvalue weighted by Crippen LogP contribution is -2.48. The molecular weight excluding hydrogens is 301 g/mol. The number of aliphatic imine (C=N–C) groups is 1. The van der Waals surface area contributed by atoms with E-state index in [0.717, 1.165) is 43.3 Å². The maximum absolute atomic E-state index is 13.4. The summed E-state index contributed by atoms with van der Waals surface area (Å²) in [5.74, 6) is 1.07. The summed E-state index contributed by atoms with van der Waals surface area (Å²) in [4.78, 5) is 6.90. The Morgan fingerprint density at radius 3 is 3.00 bits per heavy atom. The van der Waals surface area contributed by atoms with Crippen LogP contribution in [0.3, 0.4) is 0 Å². The van der Waals surface area contributed by atoms with E-state index >= 15 is 0 Å². The maximum atomic E-state index is 13.4. The Kier molecular flexibility index (Phi) is 6.36. The van der Waals surface area contributed by atoms with Gasteiger partial charge >= 0.3 is 0 Å². The van der Waals surface area contributed by atoms with Gasteiger partial charge in [-0.05, 0) is 31.0 Å². The Balaban J connectivity index is 2.07. The number of guanidine groups is 1. The van der Waals surface area contributed by atoms with Crippen LogP contribution in [0.25, 0.3) is 0 Å². The smallest absolute Gasteiger partial charge is 0.194 e. The molecule has 122 valence electrons. The van der Waals surface area contributed by atoms with E-state index in [4.69, 9.17) is 0 Å². The lowest BCUT2D eigenvalue weighted by molar-refractivity contribution is 0.408. The molecule has 0 bridgehead atoms. The number of aromatic hydroxyl groups is 1. The molecule has 1 aromatic carbocycles. The third-order valence-electron chi connectivity index (χ3n) is 3.65. The molecule has 2 rings (SSSR count). The molecule has 0 radical (unpaired) electrons. The number of hydrogen-bond donors (Lipinski definition) is 2. The zero-order chi connectivity index (χ0) is 15.9. The molecule has 1 aromatic rings. The summed E-state index contributed by atoms with van der Waals surface area (Å²) < 4.78 is 13.4. The summed E-state index contributed by atoms with van der Waals surface area (Å²) in [5, 5.41) is 13.2. The SMILES string of the molecule is CCNC(=NCc1ccc(O)c(F)c1)N1CCSC(CC)C1. The lowest BCUT2D eigenvalue weighted by Gasteiger charge is -2.34. The summed E-state index contributed by atoms with van der Waals surface area (Å²) in [6.07, 6.45) is 1.16. The highest BCUT2D eigenvalue weighted by molar-refractivity contribution is 8.00. The van der Waals surface area contributed by atoms with Crippen molar-refractivity contribution in [3.05, 3.63) is 29.6 Å². The topological polar surface area (TPSA) is 47.9 Å². The van der Waals surface area contributed by atoms with Crippen LogP contribution in [0.1, 0.15) is 25.8 Å². The van der Waals surface area contributed by atoms with Crippen LogP contribution < -0.4 is 5.32 Å². The van der Waals surface area contributed by atoms with Crippen LogP contribution in [0.15, 0.2) is 23.2 Å². The van der Waals surface area contributed by atoms with Crippen LogP contribution >= 0.6 is 11.8 Å². The van der Waals surface area contributed by atoms with E-state index < -0.39 is 5.82 Å². The summed E-state index contributed by atoms with van der Waals surface area (Å²) in [6, 6.07) is 4.41. The first kappa shape index (κ1) is 16.9. The Labute approximate surface area is 135 Å². The van der Waals surface area contributed by atoms with E-state index in [2.05, 4.69) is 22.1 Å². The average Bonchev–Trinajstić information content (AvgIpc) is 2.54. The third-order valence-corrected chi connectivity index (χ3v) is 5.02. The Morgan fingerprint density at radius 1 is 1.50 bits per heavy atom. The molecule has 2 N–H and O–H groups in total. The second-order valence-electron chi connectivity index (χ2n) is 5.30. The molecule has 1 saturated heterocycles. The van der Waals surface area contributed by atoms with Crippen molar-refractivity contribution >= 4 is 17.7 Å². The second kappa shape index (κ2) is 8.27. The number of nitrogens with zero attached hydrogens (tertiary/aromatic N) is 2. The minimum absolute atomic E-state index is 0.321. The molecule has 1 aliphatic heterocycles. The number of phenolic OH excluding ortho intramolecular Hbond substituents is 1. The van der Waals surface area contributed by atoms with Gasteiger partial charge in [0.25, 0.3) is 0 Å². The fourth-order valence-corrected chi connectivity index (χ4v) is 3.58. The molecule has 6 heteroatoms. The largest absolute Gasteiger partial charge is 0.505 e. The van der Waals surface area contributed by atoms with Gasteiger partial charge in [-0.15, -0.1) is 0 Å². The number of thioether (sulfide) groups is 1. The minimum Gasteiger partial charge on any atom is -0.505 e. The van der Waals surface area contributed by atoms with E-state index in [1.807, 2.05) is 18.7 Å². The highest BCUT2D eigenvalue weighted by atomic mass is 32.2. The third kappa shape index (κ3) is 4.53. The fraction of sp³-hybridized carbons (Fsp3) is 0.562. The van der Waals surface area contributed by atoms with Crippen molar-refractivity contribution < 1.29 is 9.50 Å². The van der Waals surface area contributed by atoms with Crippen molar-refractivity contribution in [2.45, 2.75) is 32.1 Å². The predicted molar refractivity (Wildman–Crippen MR) is 91.0 cm³/mol. The Morgan fingerprint density at radius 2 is 2.32 bits per heavy atom. The molecule has 0 aromatic heterocycles. The molecule has 1 aliphatic rings. The van der Waals surface area contributed by atoms with Gasteiger partial charge in [0.15, 0.2) is 17.5 Å². The van der Waals surface area contributed by atoms with Crippen LogP contribution in [0.2, 0.25) is 0 Å². The monoisotopic (exact) mass is 325 g/mol. The highest BCUT2D eigenvalue weighted by Crippen LogP contribution is 2.21. The van der Waals surface area contributed by atoms with Crippen molar-refractivity contribution in [1.82, 2.24) is 10.2 Å². The fourth-order valence-electron chi connectivity index (χ4n) is 2.40.